The van der Waals surface area contributed by atoms with Gasteiger partial charge < -0.3 is 19.9 Å². The van der Waals surface area contributed by atoms with E-state index in [4.69, 9.17) is 9.47 Å². The first-order valence-electron chi connectivity index (χ1n) is 7.11. The highest BCUT2D eigenvalue weighted by molar-refractivity contribution is 5.68. The third kappa shape index (κ3) is 3.20. The summed E-state index contributed by atoms with van der Waals surface area (Å²) in [5.41, 5.74) is 1.66. The van der Waals surface area contributed by atoms with Crippen molar-refractivity contribution in [1.29, 1.82) is 0 Å². The lowest BCUT2D eigenvalue weighted by molar-refractivity contribution is 0.0501. The number of amides is 1. The maximum absolute atomic E-state index is 12.0. The Bertz CT molecular complexity index is 644. The van der Waals surface area contributed by atoms with Crippen molar-refractivity contribution in [2.24, 2.45) is 0 Å². The highest BCUT2D eigenvalue weighted by atomic mass is 16.5. The highest BCUT2D eigenvalue weighted by Gasteiger charge is 2.30. The number of hydrogen-bond donors (Lipinski definition) is 2. The van der Waals surface area contributed by atoms with E-state index >= 15 is 0 Å². The topological polar surface area (TPSA) is 67.8 Å². The van der Waals surface area contributed by atoms with Crippen molar-refractivity contribution in [3.63, 3.8) is 0 Å². The lowest BCUT2D eigenvalue weighted by Crippen LogP contribution is -2.42. The summed E-state index contributed by atoms with van der Waals surface area (Å²) in [5.74, 6) is 0.668. The maximum Gasteiger partial charge on any atom is 0.408 e. The summed E-state index contributed by atoms with van der Waals surface area (Å²) in [6.45, 7) is 0.328. The van der Waals surface area contributed by atoms with Crippen LogP contribution in [-0.2, 0) is 11.3 Å². The van der Waals surface area contributed by atoms with Gasteiger partial charge in [0, 0.05) is 5.56 Å². The van der Waals surface area contributed by atoms with Crippen LogP contribution < -0.4 is 10.1 Å². The Labute approximate surface area is 128 Å². The second-order valence-electron chi connectivity index (χ2n) is 5.10. The molecule has 22 heavy (non-hydrogen) atoms. The molecular formula is C17H17NO4. The molecule has 1 aliphatic rings. The van der Waals surface area contributed by atoms with Crippen LogP contribution in [-0.4, -0.2) is 23.9 Å². The van der Waals surface area contributed by atoms with Gasteiger partial charge in [-0.15, -0.1) is 0 Å². The van der Waals surface area contributed by atoms with Crippen LogP contribution in [0.5, 0.6) is 5.75 Å². The predicted molar refractivity (Wildman–Crippen MR) is 80.4 cm³/mol. The van der Waals surface area contributed by atoms with Crippen molar-refractivity contribution < 1.29 is 19.4 Å². The van der Waals surface area contributed by atoms with E-state index in [2.05, 4.69) is 5.32 Å². The Morgan fingerprint density at radius 1 is 1.18 bits per heavy atom. The fraction of sp³-hybridized carbons (Fsp3) is 0.235. The van der Waals surface area contributed by atoms with Crippen LogP contribution in [0, 0.1) is 0 Å². The zero-order valence-corrected chi connectivity index (χ0v) is 11.9. The summed E-state index contributed by atoms with van der Waals surface area (Å²) < 4.78 is 10.6. The quantitative estimate of drug-likeness (QED) is 0.913. The molecule has 0 aliphatic carbocycles. The van der Waals surface area contributed by atoms with Gasteiger partial charge in [0.05, 0.1) is 6.04 Å². The molecule has 0 radical (unpaired) electrons. The van der Waals surface area contributed by atoms with Crippen LogP contribution in [0.2, 0.25) is 0 Å². The van der Waals surface area contributed by atoms with Crippen LogP contribution in [0.4, 0.5) is 4.79 Å². The number of para-hydroxylation sites is 1. The smallest absolute Gasteiger partial charge is 0.408 e. The number of aliphatic hydroxyl groups is 1. The number of alkyl carbamates (subject to hydrolysis) is 1. The second-order valence-corrected chi connectivity index (χ2v) is 5.10. The van der Waals surface area contributed by atoms with Gasteiger partial charge in [-0.1, -0.05) is 48.5 Å². The fourth-order valence-electron chi connectivity index (χ4n) is 2.41. The maximum atomic E-state index is 12.0. The molecule has 0 saturated heterocycles. The van der Waals surface area contributed by atoms with Crippen molar-refractivity contribution in [3.8, 4) is 5.75 Å². The Hall–Kier alpha value is -2.53. The van der Waals surface area contributed by atoms with Crippen molar-refractivity contribution >= 4 is 6.09 Å². The largest absolute Gasteiger partial charge is 0.490 e. The number of aliphatic hydroxyl groups excluding tert-OH is 1. The van der Waals surface area contributed by atoms with Gasteiger partial charge in [0.25, 0.3) is 0 Å². The van der Waals surface area contributed by atoms with E-state index in [1.165, 1.54) is 0 Å². The number of carbonyl (C=O) groups excluding carboxylic acids is 1. The Morgan fingerprint density at radius 3 is 2.73 bits per heavy atom. The normalized spacial score (nSPS) is 19.7. The molecule has 114 valence electrons. The van der Waals surface area contributed by atoms with Gasteiger partial charge in [0.2, 0.25) is 0 Å². The van der Waals surface area contributed by atoms with Gasteiger partial charge in [-0.25, -0.2) is 4.79 Å². The minimum Gasteiger partial charge on any atom is -0.490 e. The summed E-state index contributed by atoms with van der Waals surface area (Å²) in [6, 6.07) is 16.2. The molecule has 2 aromatic carbocycles. The molecule has 2 atom stereocenters. The van der Waals surface area contributed by atoms with E-state index in [0.717, 1.165) is 11.1 Å². The zero-order chi connectivity index (χ0) is 15.4. The molecule has 3 rings (SSSR count). The number of nitrogens with one attached hydrogen (secondary N) is 1. The molecule has 2 N–H and O–H groups in total. The predicted octanol–water partition coefficient (Wildman–Crippen LogP) is 2.41. The van der Waals surface area contributed by atoms with Crippen LogP contribution in [0.25, 0.3) is 0 Å². The van der Waals surface area contributed by atoms with E-state index in [1.807, 2.05) is 54.6 Å². The van der Waals surface area contributed by atoms with Crippen molar-refractivity contribution in [3.05, 3.63) is 65.7 Å². The number of benzene rings is 2. The summed E-state index contributed by atoms with van der Waals surface area (Å²) in [4.78, 5) is 12.0. The van der Waals surface area contributed by atoms with Gasteiger partial charge in [0.15, 0.2) is 0 Å². The van der Waals surface area contributed by atoms with Gasteiger partial charge in [-0.05, 0) is 11.6 Å². The first-order valence-corrected chi connectivity index (χ1v) is 7.11. The molecule has 0 aromatic heterocycles. The summed E-state index contributed by atoms with van der Waals surface area (Å²) in [5, 5.41) is 12.8. The minimum atomic E-state index is -0.806. The summed E-state index contributed by atoms with van der Waals surface area (Å²) in [6.07, 6.45) is -1.37. The SMILES string of the molecule is O=C(N[C@@H]1c2ccccc2OC[C@H]1O)OCc1ccccc1. The first kappa shape index (κ1) is 14.4. The standard InChI is InChI=1S/C17H17NO4/c19-14-11-21-15-9-5-4-8-13(15)16(14)18-17(20)22-10-12-6-2-1-3-7-12/h1-9,14,16,19H,10-11H2,(H,18,20)/t14-,16-/m1/s1. The van der Waals surface area contributed by atoms with E-state index < -0.39 is 18.2 Å². The van der Waals surface area contributed by atoms with Crippen molar-refractivity contribution in [2.75, 3.05) is 6.61 Å². The van der Waals surface area contributed by atoms with E-state index in [0.29, 0.717) is 5.75 Å². The first-order chi connectivity index (χ1) is 10.7. The molecule has 0 unspecified atom stereocenters. The van der Waals surface area contributed by atoms with Crippen molar-refractivity contribution in [1.82, 2.24) is 5.32 Å². The Morgan fingerprint density at radius 2 is 1.91 bits per heavy atom. The molecule has 1 aliphatic heterocycles. The van der Waals surface area contributed by atoms with E-state index in [9.17, 15) is 9.90 Å². The van der Waals surface area contributed by atoms with E-state index in [1.54, 1.807) is 0 Å². The minimum absolute atomic E-state index is 0.140. The number of hydrogen-bond acceptors (Lipinski definition) is 4. The molecule has 0 bridgehead atoms. The average Bonchev–Trinajstić information content (AvgIpc) is 2.56. The molecule has 5 nitrogen and oxygen atoms in total. The molecule has 0 saturated carbocycles. The molecule has 0 spiro atoms. The lowest BCUT2D eigenvalue weighted by atomic mass is 9.98. The Kier molecular flexibility index (Phi) is 4.25. The number of rotatable bonds is 3. The van der Waals surface area contributed by atoms with Crippen LogP contribution in [0.1, 0.15) is 17.2 Å². The van der Waals surface area contributed by atoms with E-state index in [-0.39, 0.29) is 13.2 Å². The van der Waals surface area contributed by atoms with Gasteiger partial charge in [-0.2, -0.15) is 0 Å². The fourth-order valence-corrected chi connectivity index (χ4v) is 2.41. The number of fused-ring (bicyclic) bond motifs is 1. The van der Waals surface area contributed by atoms with Crippen LogP contribution in [0.15, 0.2) is 54.6 Å². The zero-order valence-electron chi connectivity index (χ0n) is 11.9. The molecule has 0 fully saturated rings. The van der Waals surface area contributed by atoms with Gasteiger partial charge >= 0.3 is 6.09 Å². The monoisotopic (exact) mass is 299 g/mol. The third-order valence-electron chi connectivity index (χ3n) is 3.53. The molecule has 2 aromatic rings. The van der Waals surface area contributed by atoms with Gasteiger partial charge in [0.1, 0.15) is 25.1 Å². The Balaban J connectivity index is 1.64. The number of ether oxygens (including phenoxy) is 2. The molecular weight excluding hydrogens is 282 g/mol. The molecule has 1 amide bonds. The molecule has 1 heterocycles. The average molecular weight is 299 g/mol. The summed E-state index contributed by atoms with van der Waals surface area (Å²) in [7, 11) is 0. The van der Waals surface area contributed by atoms with Gasteiger partial charge in [-0.3, -0.25) is 0 Å². The van der Waals surface area contributed by atoms with Crippen molar-refractivity contribution in [2.45, 2.75) is 18.8 Å². The second kappa shape index (κ2) is 6.49. The molecule has 5 heteroatoms. The number of carbonyl (C=O) groups is 1. The summed E-state index contributed by atoms with van der Waals surface area (Å²) >= 11 is 0. The lowest BCUT2D eigenvalue weighted by Gasteiger charge is -2.30. The van der Waals surface area contributed by atoms with Crippen LogP contribution >= 0.6 is 0 Å². The third-order valence-corrected chi connectivity index (χ3v) is 3.53. The van der Waals surface area contributed by atoms with Crippen LogP contribution in [0.3, 0.4) is 0 Å². The highest BCUT2D eigenvalue weighted by Crippen LogP contribution is 2.31.